The molecule has 0 spiro atoms. The molecule has 1 aliphatic heterocycles. The number of carbonyl (C=O) groups excluding carboxylic acids is 2. The highest BCUT2D eigenvalue weighted by Crippen LogP contribution is 2.28. The Bertz CT molecular complexity index is 694. The summed E-state index contributed by atoms with van der Waals surface area (Å²) in [6.07, 6.45) is 2.82. The largest absolute Gasteiger partial charge is 0.463 e. The van der Waals surface area contributed by atoms with Gasteiger partial charge in [-0.15, -0.1) is 5.01 Å². The van der Waals surface area contributed by atoms with Crippen LogP contribution in [0, 0.1) is 0 Å². The SMILES string of the molecule is C[C@]1(c2ccccc2)NC(=O)N(/N=C\c2ccco2)C1=O. The molecule has 0 saturated carbocycles. The van der Waals surface area contributed by atoms with Gasteiger partial charge in [-0.1, -0.05) is 30.3 Å². The number of nitrogens with zero attached hydrogens (tertiary/aromatic N) is 2. The van der Waals surface area contributed by atoms with Crippen molar-refractivity contribution in [3.05, 3.63) is 60.1 Å². The number of hydrazone groups is 1. The molecule has 106 valence electrons. The summed E-state index contributed by atoms with van der Waals surface area (Å²) < 4.78 is 5.08. The molecular formula is C15H13N3O3. The van der Waals surface area contributed by atoms with Crippen molar-refractivity contribution in [2.24, 2.45) is 5.10 Å². The maximum absolute atomic E-state index is 12.5. The number of nitrogens with one attached hydrogen (secondary N) is 1. The second-order valence-electron chi connectivity index (χ2n) is 4.80. The fourth-order valence-corrected chi connectivity index (χ4v) is 2.18. The third-order valence-electron chi connectivity index (χ3n) is 3.36. The van der Waals surface area contributed by atoms with E-state index in [0.717, 1.165) is 5.01 Å². The minimum Gasteiger partial charge on any atom is -0.463 e. The van der Waals surface area contributed by atoms with Gasteiger partial charge in [-0.25, -0.2) is 4.79 Å². The molecule has 2 aromatic rings. The topological polar surface area (TPSA) is 74.9 Å². The van der Waals surface area contributed by atoms with Gasteiger partial charge in [0.2, 0.25) is 0 Å². The lowest BCUT2D eigenvalue weighted by molar-refractivity contribution is -0.131. The molecule has 1 aromatic carbocycles. The van der Waals surface area contributed by atoms with Crippen LogP contribution in [0.25, 0.3) is 0 Å². The van der Waals surface area contributed by atoms with E-state index in [1.165, 1.54) is 12.5 Å². The number of benzene rings is 1. The van der Waals surface area contributed by atoms with Crippen LogP contribution in [-0.2, 0) is 10.3 Å². The molecule has 0 bridgehead atoms. The molecular weight excluding hydrogens is 270 g/mol. The molecule has 3 amide bonds. The Morgan fingerprint density at radius 2 is 1.95 bits per heavy atom. The lowest BCUT2D eigenvalue weighted by Gasteiger charge is -2.20. The normalized spacial score (nSPS) is 22.0. The Morgan fingerprint density at radius 1 is 1.19 bits per heavy atom. The first-order chi connectivity index (χ1) is 10.1. The molecule has 3 rings (SSSR count). The average molecular weight is 283 g/mol. The summed E-state index contributed by atoms with van der Waals surface area (Å²) in [7, 11) is 0. The zero-order valence-electron chi connectivity index (χ0n) is 11.3. The monoisotopic (exact) mass is 283 g/mol. The number of urea groups is 1. The van der Waals surface area contributed by atoms with Gasteiger partial charge in [0, 0.05) is 0 Å². The highest BCUT2D eigenvalue weighted by atomic mass is 16.3. The molecule has 0 radical (unpaired) electrons. The van der Waals surface area contributed by atoms with Crippen molar-refractivity contribution < 1.29 is 14.0 Å². The fraction of sp³-hybridized carbons (Fsp3) is 0.133. The summed E-state index contributed by atoms with van der Waals surface area (Å²) in [5, 5.41) is 7.39. The van der Waals surface area contributed by atoms with E-state index < -0.39 is 17.5 Å². The molecule has 0 aliphatic carbocycles. The van der Waals surface area contributed by atoms with Crippen LogP contribution in [0.15, 0.2) is 58.2 Å². The summed E-state index contributed by atoms with van der Waals surface area (Å²) >= 11 is 0. The Balaban J connectivity index is 1.89. The Labute approximate surface area is 121 Å². The van der Waals surface area contributed by atoms with Gasteiger partial charge in [-0.3, -0.25) is 4.79 Å². The highest BCUT2D eigenvalue weighted by Gasteiger charge is 2.49. The minimum atomic E-state index is -1.11. The van der Waals surface area contributed by atoms with Gasteiger partial charge in [0.05, 0.1) is 12.5 Å². The van der Waals surface area contributed by atoms with E-state index >= 15 is 0 Å². The summed E-state index contributed by atoms with van der Waals surface area (Å²) in [4.78, 5) is 24.5. The number of hydrogen-bond acceptors (Lipinski definition) is 4. The second-order valence-corrected chi connectivity index (χ2v) is 4.80. The number of imide groups is 1. The zero-order valence-corrected chi connectivity index (χ0v) is 11.3. The maximum atomic E-state index is 12.5. The van der Waals surface area contributed by atoms with Gasteiger partial charge in [-0.05, 0) is 24.6 Å². The van der Waals surface area contributed by atoms with Crippen molar-refractivity contribution in [1.82, 2.24) is 10.3 Å². The number of furan rings is 1. The van der Waals surface area contributed by atoms with Crippen LogP contribution >= 0.6 is 0 Å². The Kier molecular flexibility index (Phi) is 3.06. The van der Waals surface area contributed by atoms with E-state index in [1.807, 2.05) is 18.2 Å². The number of amides is 3. The molecule has 0 unspecified atom stereocenters. The van der Waals surface area contributed by atoms with Crippen molar-refractivity contribution in [3.63, 3.8) is 0 Å². The quantitative estimate of drug-likeness (QED) is 0.692. The van der Waals surface area contributed by atoms with Crippen LogP contribution in [0.2, 0.25) is 0 Å². The molecule has 1 fully saturated rings. The molecule has 1 N–H and O–H groups in total. The average Bonchev–Trinajstić information content (AvgIpc) is 3.07. The molecule has 6 nitrogen and oxygen atoms in total. The summed E-state index contributed by atoms with van der Waals surface area (Å²) in [5.41, 5.74) is -0.405. The van der Waals surface area contributed by atoms with Crippen LogP contribution in [0.3, 0.4) is 0 Å². The molecule has 1 saturated heterocycles. The standard InChI is InChI=1S/C15H13N3O3/c1-15(11-6-3-2-4-7-11)13(19)18(14(20)17-15)16-10-12-8-5-9-21-12/h2-10H,1H3,(H,17,20)/b16-10-/t15-/m1/s1. The first kappa shape index (κ1) is 13.1. The van der Waals surface area contributed by atoms with Crippen LogP contribution in [0.4, 0.5) is 4.79 Å². The summed E-state index contributed by atoms with van der Waals surface area (Å²) in [5.74, 6) is 0.0328. The third kappa shape index (κ3) is 2.20. The number of hydrogen-bond donors (Lipinski definition) is 1. The molecule has 1 aromatic heterocycles. The van der Waals surface area contributed by atoms with E-state index in [9.17, 15) is 9.59 Å². The molecule has 21 heavy (non-hydrogen) atoms. The first-order valence-electron chi connectivity index (χ1n) is 6.41. The van der Waals surface area contributed by atoms with Crippen molar-refractivity contribution in [2.45, 2.75) is 12.5 Å². The lowest BCUT2D eigenvalue weighted by atomic mass is 9.92. The van der Waals surface area contributed by atoms with Crippen LogP contribution < -0.4 is 5.32 Å². The molecule has 6 heteroatoms. The Hall–Kier alpha value is -2.89. The van der Waals surface area contributed by atoms with Crippen LogP contribution in [-0.4, -0.2) is 23.2 Å². The second kappa shape index (κ2) is 4.90. The molecule has 1 aliphatic rings. The van der Waals surface area contributed by atoms with Crippen molar-refractivity contribution in [3.8, 4) is 0 Å². The number of rotatable bonds is 3. The zero-order chi connectivity index (χ0) is 14.9. The van der Waals surface area contributed by atoms with Crippen LogP contribution in [0.5, 0.6) is 0 Å². The summed E-state index contributed by atoms with van der Waals surface area (Å²) in [6.45, 7) is 1.66. The predicted octanol–water partition coefficient (Wildman–Crippen LogP) is 2.08. The number of carbonyl (C=O) groups is 2. The van der Waals surface area contributed by atoms with Gasteiger partial charge < -0.3 is 9.73 Å². The minimum absolute atomic E-state index is 0.429. The maximum Gasteiger partial charge on any atom is 0.346 e. The summed E-state index contributed by atoms with van der Waals surface area (Å²) in [6, 6.07) is 11.9. The first-order valence-corrected chi connectivity index (χ1v) is 6.41. The Morgan fingerprint density at radius 3 is 2.62 bits per heavy atom. The smallest absolute Gasteiger partial charge is 0.346 e. The molecule has 1 atom stereocenters. The third-order valence-corrected chi connectivity index (χ3v) is 3.36. The van der Waals surface area contributed by atoms with E-state index in [4.69, 9.17) is 4.42 Å². The van der Waals surface area contributed by atoms with Crippen molar-refractivity contribution in [1.29, 1.82) is 0 Å². The van der Waals surface area contributed by atoms with Gasteiger partial charge in [0.15, 0.2) is 0 Å². The lowest BCUT2D eigenvalue weighted by Crippen LogP contribution is -2.40. The van der Waals surface area contributed by atoms with Crippen molar-refractivity contribution >= 4 is 18.2 Å². The van der Waals surface area contributed by atoms with Gasteiger partial charge in [0.25, 0.3) is 5.91 Å². The predicted molar refractivity (Wildman–Crippen MR) is 75.5 cm³/mol. The molecule has 2 heterocycles. The van der Waals surface area contributed by atoms with Crippen molar-refractivity contribution in [2.75, 3.05) is 0 Å². The van der Waals surface area contributed by atoms with E-state index in [-0.39, 0.29) is 0 Å². The van der Waals surface area contributed by atoms with E-state index in [0.29, 0.717) is 11.3 Å². The van der Waals surface area contributed by atoms with Gasteiger partial charge >= 0.3 is 6.03 Å². The van der Waals surface area contributed by atoms with Crippen LogP contribution in [0.1, 0.15) is 18.2 Å². The highest BCUT2D eigenvalue weighted by molar-refractivity contribution is 6.07. The van der Waals surface area contributed by atoms with Gasteiger partial charge in [-0.2, -0.15) is 5.10 Å². The fourth-order valence-electron chi connectivity index (χ4n) is 2.18. The van der Waals surface area contributed by atoms with E-state index in [2.05, 4.69) is 10.4 Å². The van der Waals surface area contributed by atoms with E-state index in [1.54, 1.807) is 31.2 Å². The van der Waals surface area contributed by atoms with Gasteiger partial charge in [0.1, 0.15) is 11.3 Å².